The average Bonchev–Trinajstić information content (AvgIpc) is 3.11. The Balaban J connectivity index is 1.45. The van der Waals surface area contributed by atoms with Crippen LogP contribution >= 0.6 is 22.7 Å². The zero-order chi connectivity index (χ0) is 13.8. The number of rotatable bonds is 5. The normalized spacial score (nSPS) is 23.1. The van der Waals surface area contributed by atoms with Crippen LogP contribution in [0.3, 0.4) is 0 Å². The minimum Gasteiger partial charge on any atom is -0.312 e. The molecule has 1 N–H and O–H groups in total. The molecule has 1 fully saturated rings. The van der Waals surface area contributed by atoms with E-state index in [1.165, 1.54) is 47.5 Å². The van der Waals surface area contributed by atoms with Crippen LogP contribution in [-0.4, -0.2) is 6.54 Å². The van der Waals surface area contributed by atoms with Crippen molar-refractivity contribution in [3.63, 3.8) is 0 Å². The van der Waals surface area contributed by atoms with Crippen LogP contribution in [0.5, 0.6) is 0 Å². The molecule has 0 aliphatic heterocycles. The van der Waals surface area contributed by atoms with Crippen LogP contribution in [0.25, 0.3) is 10.4 Å². The predicted octanol–water partition coefficient (Wildman–Crippen LogP) is 5.39. The Morgan fingerprint density at radius 1 is 1.20 bits per heavy atom. The summed E-state index contributed by atoms with van der Waals surface area (Å²) in [6, 6.07) is 6.67. The third-order valence-electron chi connectivity index (χ3n) is 4.33. The Bertz CT molecular complexity index is 507. The highest BCUT2D eigenvalue weighted by molar-refractivity contribution is 7.14. The second-order valence-electron chi connectivity index (χ2n) is 6.04. The van der Waals surface area contributed by atoms with E-state index < -0.39 is 0 Å². The minimum atomic E-state index is 0.905. The molecular formula is C17H23NS2. The van der Waals surface area contributed by atoms with Crippen molar-refractivity contribution in [1.29, 1.82) is 0 Å². The largest absolute Gasteiger partial charge is 0.312 e. The van der Waals surface area contributed by atoms with Gasteiger partial charge in [-0.05, 0) is 54.1 Å². The van der Waals surface area contributed by atoms with E-state index in [9.17, 15) is 0 Å². The second kappa shape index (κ2) is 6.88. The van der Waals surface area contributed by atoms with Gasteiger partial charge in [0.15, 0.2) is 0 Å². The quantitative estimate of drug-likeness (QED) is 0.780. The zero-order valence-corrected chi connectivity index (χ0v) is 13.7. The molecule has 0 aromatic carbocycles. The summed E-state index contributed by atoms with van der Waals surface area (Å²) in [6.45, 7) is 4.61. The van der Waals surface area contributed by atoms with Gasteiger partial charge in [-0.2, -0.15) is 0 Å². The molecule has 2 heterocycles. The van der Waals surface area contributed by atoms with Crippen molar-refractivity contribution >= 4 is 22.7 Å². The highest BCUT2D eigenvalue weighted by Crippen LogP contribution is 2.30. The van der Waals surface area contributed by atoms with Gasteiger partial charge in [0.25, 0.3) is 0 Å². The van der Waals surface area contributed by atoms with Crippen molar-refractivity contribution in [3.8, 4) is 10.4 Å². The van der Waals surface area contributed by atoms with Crippen molar-refractivity contribution in [2.75, 3.05) is 6.54 Å². The molecule has 0 bridgehead atoms. The molecule has 0 atom stereocenters. The molecule has 108 valence electrons. The zero-order valence-electron chi connectivity index (χ0n) is 12.1. The first kappa shape index (κ1) is 14.3. The molecule has 0 radical (unpaired) electrons. The predicted molar refractivity (Wildman–Crippen MR) is 90.5 cm³/mol. The van der Waals surface area contributed by atoms with Crippen LogP contribution in [0.4, 0.5) is 0 Å². The van der Waals surface area contributed by atoms with Crippen molar-refractivity contribution in [3.05, 3.63) is 33.8 Å². The number of hydrogen-bond donors (Lipinski definition) is 1. The van der Waals surface area contributed by atoms with E-state index in [4.69, 9.17) is 0 Å². The second-order valence-corrected chi connectivity index (χ2v) is 7.98. The first-order chi connectivity index (χ1) is 9.81. The van der Waals surface area contributed by atoms with Gasteiger partial charge in [0.05, 0.1) is 0 Å². The molecule has 1 nitrogen and oxygen atoms in total. The molecule has 2 aromatic rings. The minimum absolute atomic E-state index is 0.905. The van der Waals surface area contributed by atoms with Gasteiger partial charge in [-0.15, -0.1) is 22.7 Å². The first-order valence-corrected chi connectivity index (χ1v) is 9.39. The number of hydrogen-bond acceptors (Lipinski definition) is 3. The molecule has 1 aliphatic carbocycles. The molecular weight excluding hydrogens is 282 g/mol. The Morgan fingerprint density at radius 3 is 2.80 bits per heavy atom. The third kappa shape index (κ3) is 3.72. The van der Waals surface area contributed by atoms with E-state index in [1.54, 1.807) is 0 Å². The van der Waals surface area contributed by atoms with Gasteiger partial charge in [-0.25, -0.2) is 0 Å². The maximum Gasteiger partial charge on any atom is 0.0351 e. The topological polar surface area (TPSA) is 12.0 Å². The summed E-state index contributed by atoms with van der Waals surface area (Å²) in [4.78, 5) is 2.84. The van der Waals surface area contributed by atoms with Crippen LogP contribution in [0.15, 0.2) is 29.0 Å². The van der Waals surface area contributed by atoms with Crippen LogP contribution in [-0.2, 0) is 6.54 Å². The lowest BCUT2D eigenvalue weighted by Gasteiger charge is -2.26. The Hall–Kier alpha value is -0.640. The van der Waals surface area contributed by atoms with Crippen molar-refractivity contribution in [1.82, 2.24) is 5.32 Å². The number of nitrogens with one attached hydrogen (secondary N) is 1. The van der Waals surface area contributed by atoms with Crippen LogP contribution in [0.2, 0.25) is 0 Å². The Kier molecular flexibility index (Phi) is 4.92. The van der Waals surface area contributed by atoms with Gasteiger partial charge in [0.1, 0.15) is 0 Å². The summed E-state index contributed by atoms with van der Waals surface area (Å²) >= 11 is 3.70. The molecule has 2 aromatic heterocycles. The summed E-state index contributed by atoms with van der Waals surface area (Å²) in [7, 11) is 0. The summed E-state index contributed by atoms with van der Waals surface area (Å²) in [6.07, 6.45) is 5.68. The maximum absolute atomic E-state index is 3.66. The van der Waals surface area contributed by atoms with E-state index in [-0.39, 0.29) is 0 Å². The SMILES string of the molecule is CC1CCC(CNCc2cc(-c3cccs3)cs2)CC1. The molecule has 3 rings (SSSR count). The fourth-order valence-corrected chi connectivity index (χ4v) is 4.62. The highest BCUT2D eigenvalue weighted by atomic mass is 32.1. The van der Waals surface area contributed by atoms with Gasteiger partial charge in [0.2, 0.25) is 0 Å². The highest BCUT2D eigenvalue weighted by Gasteiger charge is 2.17. The molecule has 0 amide bonds. The van der Waals surface area contributed by atoms with Gasteiger partial charge in [-0.3, -0.25) is 0 Å². The van der Waals surface area contributed by atoms with E-state index in [2.05, 4.69) is 41.2 Å². The average molecular weight is 306 g/mol. The molecule has 0 spiro atoms. The Labute approximate surface area is 130 Å². The molecule has 0 saturated heterocycles. The molecule has 1 aliphatic rings. The van der Waals surface area contributed by atoms with Gasteiger partial charge < -0.3 is 5.32 Å². The van der Waals surface area contributed by atoms with E-state index in [0.717, 1.165) is 18.4 Å². The lowest BCUT2D eigenvalue weighted by molar-refractivity contribution is 0.281. The van der Waals surface area contributed by atoms with E-state index in [1.807, 2.05) is 22.7 Å². The van der Waals surface area contributed by atoms with Crippen molar-refractivity contribution in [2.45, 2.75) is 39.2 Å². The standard InChI is InChI=1S/C17H23NS2/c1-13-4-6-14(7-5-13)10-18-11-16-9-15(12-20-16)17-3-2-8-19-17/h2-3,8-9,12-14,18H,4-7,10-11H2,1H3. The molecule has 20 heavy (non-hydrogen) atoms. The van der Waals surface area contributed by atoms with Gasteiger partial charge in [-0.1, -0.05) is 25.8 Å². The van der Waals surface area contributed by atoms with Gasteiger partial charge in [0, 0.05) is 21.9 Å². The summed E-state index contributed by atoms with van der Waals surface area (Å²) in [5, 5.41) is 8.09. The van der Waals surface area contributed by atoms with E-state index in [0.29, 0.717) is 0 Å². The lowest BCUT2D eigenvalue weighted by atomic mass is 9.83. The van der Waals surface area contributed by atoms with Crippen molar-refractivity contribution < 1.29 is 0 Å². The van der Waals surface area contributed by atoms with Crippen LogP contribution in [0, 0.1) is 11.8 Å². The van der Waals surface area contributed by atoms with Gasteiger partial charge >= 0.3 is 0 Å². The van der Waals surface area contributed by atoms with Crippen molar-refractivity contribution in [2.24, 2.45) is 11.8 Å². The molecule has 1 saturated carbocycles. The Morgan fingerprint density at radius 2 is 2.05 bits per heavy atom. The summed E-state index contributed by atoms with van der Waals surface area (Å²) < 4.78 is 0. The lowest BCUT2D eigenvalue weighted by Crippen LogP contribution is -2.25. The molecule has 0 unspecified atom stereocenters. The fraction of sp³-hybridized carbons (Fsp3) is 0.529. The maximum atomic E-state index is 3.66. The first-order valence-electron chi connectivity index (χ1n) is 7.63. The number of thiophene rings is 2. The monoisotopic (exact) mass is 305 g/mol. The third-order valence-corrected chi connectivity index (χ3v) is 6.18. The van der Waals surface area contributed by atoms with Crippen LogP contribution < -0.4 is 5.32 Å². The molecule has 3 heteroatoms. The summed E-state index contributed by atoms with van der Waals surface area (Å²) in [5.41, 5.74) is 1.38. The summed E-state index contributed by atoms with van der Waals surface area (Å²) in [5.74, 6) is 1.86. The smallest absolute Gasteiger partial charge is 0.0351 e. The fourth-order valence-electron chi connectivity index (χ4n) is 2.98. The van der Waals surface area contributed by atoms with Crippen LogP contribution in [0.1, 0.15) is 37.5 Å². The van der Waals surface area contributed by atoms with E-state index >= 15 is 0 Å².